The summed E-state index contributed by atoms with van der Waals surface area (Å²) >= 11 is 0. The molecule has 0 aromatic heterocycles. The number of aliphatic hydroxyl groups is 1. The van der Waals surface area contributed by atoms with Crippen molar-refractivity contribution in [1.82, 2.24) is 9.80 Å². The summed E-state index contributed by atoms with van der Waals surface area (Å²) < 4.78 is 5.74. The lowest BCUT2D eigenvalue weighted by Gasteiger charge is -2.29. The molecule has 2 bridgehead atoms. The molecule has 0 saturated carbocycles. The monoisotopic (exact) mass is 346 g/mol. The minimum Gasteiger partial charge on any atom is -0.390 e. The standard InChI is InChI=1S/C20H30N2O3/c1-20(2,24)9-8-15-4-6-17(7-5-15)19(23)22-11-16-10-21(3)18(12-22)14-25-13-16/h4-7,16,18,24H,8-14H2,1-3H3/t16-,18+/m1/s1. The van der Waals surface area contributed by atoms with E-state index in [1.807, 2.05) is 43.0 Å². The van der Waals surface area contributed by atoms with Crippen LogP contribution in [0.25, 0.3) is 0 Å². The van der Waals surface area contributed by atoms with E-state index in [1.165, 1.54) is 0 Å². The van der Waals surface area contributed by atoms with Crippen LogP contribution in [0.15, 0.2) is 24.3 Å². The number of likely N-dealkylation sites (N-methyl/N-ethyl adjacent to an activating group) is 1. The molecule has 0 radical (unpaired) electrons. The number of hydrogen-bond acceptors (Lipinski definition) is 4. The van der Waals surface area contributed by atoms with Crippen molar-refractivity contribution in [2.45, 2.75) is 38.3 Å². The fourth-order valence-electron chi connectivity index (χ4n) is 3.66. The van der Waals surface area contributed by atoms with Crippen LogP contribution in [0.1, 0.15) is 36.2 Å². The molecule has 2 atom stereocenters. The predicted molar refractivity (Wildman–Crippen MR) is 97.7 cm³/mol. The summed E-state index contributed by atoms with van der Waals surface area (Å²) in [5.74, 6) is 0.494. The first-order chi connectivity index (χ1) is 11.8. The maximum Gasteiger partial charge on any atom is 0.253 e. The molecule has 5 heteroatoms. The first-order valence-corrected chi connectivity index (χ1v) is 9.20. The zero-order valence-electron chi connectivity index (χ0n) is 15.6. The van der Waals surface area contributed by atoms with E-state index < -0.39 is 5.60 Å². The van der Waals surface area contributed by atoms with Gasteiger partial charge >= 0.3 is 0 Å². The van der Waals surface area contributed by atoms with Crippen LogP contribution in [0, 0.1) is 5.92 Å². The Hall–Kier alpha value is -1.43. The fraction of sp³-hybridized carbons (Fsp3) is 0.650. The SMILES string of the molecule is CN1C[C@H]2COC[C@@H]1CN(C(=O)c1ccc(CCC(C)(C)O)cc1)C2. The third-order valence-corrected chi connectivity index (χ3v) is 5.26. The van der Waals surface area contributed by atoms with E-state index in [4.69, 9.17) is 4.74 Å². The van der Waals surface area contributed by atoms with Gasteiger partial charge in [0.2, 0.25) is 0 Å². The molecular weight excluding hydrogens is 316 g/mol. The summed E-state index contributed by atoms with van der Waals surface area (Å²) in [6.45, 7) is 7.56. The minimum absolute atomic E-state index is 0.112. The average molecular weight is 346 g/mol. The molecule has 0 spiro atoms. The van der Waals surface area contributed by atoms with Gasteiger partial charge in [0.15, 0.2) is 0 Å². The van der Waals surface area contributed by atoms with E-state index in [9.17, 15) is 9.90 Å². The number of amides is 1. The molecule has 25 heavy (non-hydrogen) atoms. The molecule has 1 amide bonds. The third-order valence-electron chi connectivity index (χ3n) is 5.26. The van der Waals surface area contributed by atoms with Gasteiger partial charge in [0.25, 0.3) is 5.91 Å². The van der Waals surface area contributed by atoms with Gasteiger partial charge < -0.3 is 14.7 Å². The van der Waals surface area contributed by atoms with Gasteiger partial charge in [0.05, 0.1) is 24.9 Å². The number of nitrogens with zero attached hydrogens (tertiary/aromatic N) is 2. The van der Waals surface area contributed by atoms with Gasteiger partial charge in [-0.1, -0.05) is 12.1 Å². The minimum atomic E-state index is -0.660. The summed E-state index contributed by atoms with van der Waals surface area (Å²) in [6.07, 6.45) is 1.52. The molecule has 2 fully saturated rings. The van der Waals surface area contributed by atoms with Crippen molar-refractivity contribution in [3.8, 4) is 0 Å². The van der Waals surface area contributed by atoms with Crippen molar-refractivity contribution >= 4 is 5.91 Å². The van der Waals surface area contributed by atoms with Crippen molar-refractivity contribution in [3.05, 3.63) is 35.4 Å². The first kappa shape index (κ1) is 18.4. The van der Waals surface area contributed by atoms with Crippen molar-refractivity contribution < 1.29 is 14.6 Å². The van der Waals surface area contributed by atoms with Gasteiger partial charge in [0.1, 0.15) is 0 Å². The predicted octanol–water partition coefficient (Wildman–Crippen LogP) is 1.79. The molecule has 1 aromatic carbocycles. The number of benzene rings is 1. The van der Waals surface area contributed by atoms with Crippen LogP contribution < -0.4 is 0 Å². The van der Waals surface area contributed by atoms with Gasteiger partial charge in [-0.15, -0.1) is 0 Å². The zero-order chi connectivity index (χ0) is 18.0. The second-order valence-electron chi connectivity index (χ2n) is 8.22. The molecular formula is C20H30N2O3. The number of aryl methyl sites for hydroxylation is 1. The highest BCUT2D eigenvalue weighted by molar-refractivity contribution is 5.94. The smallest absolute Gasteiger partial charge is 0.253 e. The second kappa shape index (κ2) is 7.44. The molecule has 1 N–H and O–H groups in total. The van der Waals surface area contributed by atoms with E-state index in [1.54, 1.807) is 0 Å². The Bertz CT molecular complexity index is 594. The number of carbonyl (C=O) groups excluding carboxylic acids is 1. The maximum absolute atomic E-state index is 12.9. The summed E-state index contributed by atoms with van der Waals surface area (Å²) in [5, 5.41) is 9.84. The lowest BCUT2D eigenvalue weighted by molar-refractivity contribution is 0.0433. The van der Waals surface area contributed by atoms with Gasteiger partial charge in [0, 0.05) is 31.1 Å². The largest absolute Gasteiger partial charge is 0.390 e. The molecule has 2 aliphatic heterocycles. The first-order valence-electron chi connectivity index (χ1n) is 9.20. The summed E-state index contributed by atoms with van der Waals surface area (Å²) in [4.78, 5) is 17.3. The van der Waals surface area contributed by atoms with E-state index in [-0.39, 0.29) is 11.9 Å². The van der Waals surface area contributed by atoms with Crippen molar-refractivity contribution in [3.63, 3.8) is 0 Å². The van der Waals surface area contributed by atoms with Crippen LogP contribution in [-0.4, -0.2) is 72.4 Å². The van der Waals surface area contributed by atoms with Crippen LogP contribution in [0.2, 0.25) is 0 Å². The number of ether oxygens (including phenoxy) is 1. The van der Waals surface area contributed by atoms with Crippen LogP contribution in [0.5, 0.6) is 0 Å². The Labute approximate surface area is 150 Å². The molecule has 138 valence electrons. The molecule has 0 unspecified atom stereocenters. The molecule has 2 heterocycles. The van der Waals surface area contributed by atoms with E-state index >= 15 is 0 Å². The summed E-state index contributed by atoms with van der Waals surface area (Å²) in [7, 11) is 2.12. The van der Waals surface area contributed by atoms with E-state index in [0.717, 1.165) is 43.8 Å². The highest BCUT2D eigenvalue weighted by Crippen LogP contribution is 2.20. The number of fused-ring (bicyclic) bond motifs is 3. The average Bonchev–Trinajstić information content (AvgIpc) is 2.80. The van der Waals surface area contributed by atoms with Crippen LogP contribution >= 0.6 is 0 Å². The number of hydrogen-bond donors (Lipinski definition) is 1. The van der Waals surface area contributed by atoms with Crippen molar-refractivity contribution in [2.75, 3.05) is 39.9 Å². The quantitative estimate of drug-likeness (QED) is 0.903. The highest BCUT2D eigenvalue weighted by atomic mass is 16.5. The van der Waals surface area contributed by atoms with Gasteiger partial charge in [-0.25, -0.2) is 0 Å². The maximum atomic E-state index is 12.9. The number of carbonyl (C=O) groups is 1. The highest BCUT2D eigenvalue weighted by Gasteiger charge is 2.33. The third kappa shape index (κ3) is 4.81. The summed E-state index contributed by atoms with van der Waals surface area (Å²) in [5.41, 5.74) is 1.24. The molecule has 1 aromatic rings. The van der Waals surface area contributed by atoms with Crippen molar-refractivity contribution in [2.24, 2.45) is 5.92 Å². The number of rotatable bonds is 4. The lowest BCUT2D eigenvalue weighted by Crippen LogP contribution is -2.44. The topological polar surface area (TPSA) is 53.0 Å². The Kier molecular flexibility index (Phi) is 5.46. The van der Waals surface area contributed by atoms with Gasteiger partial charge in [-0.2, -0.15) is 0 Å². The molecule has 3 rings (SSSR count). The van der Waals surface area contributed by atoms with E-state index in [2.05, 4.69) is 11.9 Å². The van der Waals surface area contributed by atoms with Crippen molar-refractivity contribution in [1.29, 1.82) is 0 Å². The van der Waals surface area contributed by atoms with Crippen LogP contribution in [-0.2, 0) is 11.2 Å². The molecule has 2 aliphatic rings. The van der Waals surface area contributed by atoms with Crippen LogP contribution in [0.4, 0.5) is 0 Å². The Morgan fingerprint density at radius 2 is 1.92 bits per heavy atom. The second-order valence-corrected chi connectivity index (χ2v) is 8.22. The Balaban J connectivity index is 1.66. The Morgan fingerprint density at radius 3 is 2.60 bits per heavy atom. The zero-order valence-corrected chi connectivity index (χ0v) is 15.6. The molecule has 2 saturated heterocycles. The van der Waals surface area contributed by atoms with Gasteiger partial charge in [-0.05, 0) is 51.4 Å². The Morgan fingerprint density at radius 1 is 1.20 bits per heavy atom. The van der Waals surface area contributed by atoms with Crippen LogP contribution in [0.3, 0.4) is 0 Å². The van der Waals surface area contributed by atoms with Gasteiger partial charge in [-0.3, -0.25) is 9.69 Å². The lowest BCUT2D eigenvalue weighted by atomic mass is 9.98. The molecule has 0 aliphatic carbocycles. The molecule has 5 nitrogen and oxygen atoms in total. The summed E-state index contributed by atoms with van der Waals surface area (Å²) in [6, 6.07) is 8.13. The fourth-order valence-corrected chi connectivity index (χ4v) is 3.66. The van der Waals surface area contributed by atoms with E-state index in [0.29, 0.717) is 18.9 Å². The normalized spacial score (nSPS) is 24.9.